The van der Waals surface area contributed by atoms with Crippen LogP contribution in [-0.2, 0) is 35.2 Å². The van der Waals surface area contributed by atoms with Gasteiger partial charge in [-0.05, 0) is 72.5 Å². The number of ether oxygens (including phenoxy) is 1. The Bertz CT molecular complexity index is 2640. The second kappa shape index (κ2) is 14.0. The van der Waals surface area contributed by atoms with E-state index in [-0.39, 0.29) is 45.3 Å². The summed E-state index contributed by atoms with van der Waals surface area (Å²) in [5.41, 5.74) is 1.11. The van der Waals surface area contributed by atoms with Crippen LogP contribution < -0.4 is 9.44 Å². The summed E-state index contributed by atoms with van der Waals surface area (Å²) in [6.07, 6.45) is 3.71. The molecule has 3 N–H and O–H groups in total. The van der Waals surface area contributed by atoms with Crippen LogP contribution in [0.15, 0.2) is 143 Å². The van der Waals surface area contributed by atoms with Crippen molar-refractivity contribution in [1.82, 2.24) is 9.97 Å². The number of rotatable bonds is 11. The minimum absolute atomic E-state index is 0.0218. The van der Waals surface area contributed by atoms with E-state index in [0.717, 1.165) is 0 Å². The maximum absolute atomic E-state index is 13.9. The van der Waals surface area contributed by atoms with E-state index in [1.165, 1.54) is 24.5 Å². The predicted molar refractivity (Wildman–Crippen MR) is 203 cm³/mol. The molecule has 0 amide bonds. The number of carbonyl (C=O) groups is 1. The van der Waals surface area contributed by atoms with Gasteiger partial charge in [-0.3, -0.25) is 19.4 Å². The van der Waals surface area contributed by atoms with Gasteiger partial charge in [0.2, 0.25) is 0 Å². The second-order valence-corrected chi connectivity index (χ2v) is 16.1. The first kappa shape index (κ1) is 35.6. The van der Waals surface area contributed by atoms with Crippen molar-refractivity contribution in [3.8, 4) is 0 Å². The van der Waals surface area contributed by atoms with Gasteiger partial charge in [-0.2, -0.15) is 0 Å². The lowest BCUT2D eigenvalue weighted by Crippen LogP contribution is -2.38. The molecule has 2 unspecified atom stereocenters. The van der Waals surface area contributed by atoms with E-state index in [9.17, 15) is 26.7 Å². The summed E-state index contributed by atoms with van der Waals surface area (Å²) >= 11 is 0. The highest BCUT2D eigenvalue weighted by Crippen LogP contribution is 2.45. The van der Waals surface area contributed by atoms with E-state index in [2.05, 4.69) is 19.4 Å². The normalized spacial score (nSPS) is 17.1. The summed E-state index contributed by atoms with van der Waals surface area (Å²) in [6, 6.07) is 30.2. The van der Waals surface area contributed by atoms with E-state index in [1.807, 2.05) is 13.8 Å². The monoisotopic (exact) mass is 748 g/mol. The van der Waals surface area contributed by atoms with Crippen molar-refractivity contribution in [2.24, 2.45) is 0 Å². The summed E-state index contributed by atoms with van der Waals surface area (Å²) in [6.45, 7) is 3.68. The predicted octanol–water partition coefficient (Wildman–Crippen LogP) is 7.94. The Labute approximate surface area is 307 Å². The molecule has 11 nitrogen and oxygen atoms in total. The number of nitrogens with zero attached hydrogens (tertiary/aromatic N) is 2. The number of aliphatic hydroxyl groups excluding tert-OH is 1. The number of anilines is 2. The quantitative estimate of drug-likeness (QED) is 0.112. The lowest BCUT2D eigenvalue weighted by molar-refractivity contribution is -0.161. The Hall–Kier alpha value is -5.79. The van der Waals surface area contributed by atoms with Gasteiger partial charge >= 0.3 is 5.97 Å². The zero-order chi connectivity index (χ0) is 37.4. The number of nitrogens with one attached hydrogen (secondary N) is 2. The smallest absolute Gasteiger partial charge is 0.338 e. The zero-order valence-corrected chi connectivity index (χ0v) is 30.5. The molecule has 270 valence electrons. The number of sulfonamides is 2. The summed E-state index contributed by atoms with van der Waals surface area (Å²) in [7, 11) is -8.09. The second-order valence-electron chi connectivity index (χ2n) is 12.8. The van der Waals surface area contributed by atoms with Gasteiger partial charge in [0.15, 0.2) is 0 Å². The maximum Gasteiger partial charge on any atom is 0.338 e. The third-order valence-corrected chi connectivity index (χ3v) is 12.4. The molecule has 0 aliphatic carbocycles. The van der Waals surface area contributed by atoms with Crippen LogP contribution in [0, 0.1) is 0 Å². The molecule has 2 aromatic heterocycles. The van der Waals surface area contributed by atoms with Crippen molar-refractivity contribution in [1.29, 1.82) is 0 Å². The Morgan fingerprint density at radius 1 is 0.736 bits per heavy atom. The van der Waals surface area contributed by atoms with Crippen LogP contribution >= 0.6 is 0 Å². The number of carbonyl (C=O) groups excluding carboxylic acids is 1. The van der Waals surface area contributed by atoms with Crippen molar-refractivity contribution in [3.63, 3.8) is 0 Å². The van der Waals surface area contributed by atoms with Gasteiger partial charge in [0.25, 0.3) is 20.0 Å². The Balaban J connectivity index is 1.16. The van der Waals surface area contributed by atoms with Gasteiger partial charge in [-0.15, -0.1) is 0 Å². The largest absolute Gasteiger partial charge is 0.512 e. The topological polar surface area (TPSA) is 165 Å². The molecule has 2 atom stereocenters. The number of fused-ring (bicyclic) bond motifs is 2. The molecule has 13 heteroatoms. The van der Waals surface area contributed by atoms with Crippen molar-refractivity contribution >= 4 is 59.2 Å². The maximum atomic E-state index is 13.9. The van der Waals surface area contributed by atoms with E-state index in [1.54, 1.807) is 97.1 Å². The number of esters is 1. The van der Waals surface area contributed by atoms with Crippen LogP contribution in [0.1, 0.15) is 50.2 Å². The van der Waals surface area contributed by atoms with Gasteiger partial charge in [-0.1, -0.05) is 74.5 Å². The third kappa shape index (κ3) is 6.80. The van der Waals surface area contributed by atoms with E-state index in [4.69, 9.17) is 4.74 Å². The fourth-order valence-corrected chi connectivity index (χ4v) is 9.42. The molecule has 0 spiro atoms. The molecule has 53 heavy (non-hydrogen) atoms. The van der Waals surface area contributed by atoms with Crippen molar-refractivity contribution < 1.29 is 31.5 Å². The standard InChI is InChI=1S/C40H36N4O7S2/c1-3-32(28-13-5-17-30(23-28)43-52(47,48)34-19-6-11-26-14-9-21-41-37(26)34)36-33(45)25-40(4-2,51-39(36)46)29-16-8-18-31(24-29)44-53(49,50)35-20-7-12-27-15-10-22-42-38(27)35/h5-24,32,43-45H,3-4,25H2,1-2H3. The minimum atomic E-state index is -4.06. The molecule has 6 aromatic rings. The minimum Gasteiger partial charge on any atom is -0.512 e. The van der Waals surface area contributed by atoms with Gasteiger partial charge < -0.3 is 9.84 Å². The average Bonchev–Trinajstić information content (AvgIpc) is 3.15. The SMILES string of the molecule is CCC(C1=C(O)CC(CC)(c2cccc(NS(=O)(=O)c3cccc4cccnc34)c2)OC1=O)c1cccc(NS(=O)(=O)c2cccc3cccnc23)c1. The number of para-hydroxylation sites is 2. The highest BCUT2D eigenvalue weighted by molar-refractivity contribution is 7.93. The molecule has 7 rings (SSSR count). The van der Waals surface area contributed by atoms with Crippen LogP contribution in [0.5, 0.6) is 0 Å². The van der Waals surface area contributed by atoms with E-state index >= 15 is 0 Å². The molecule has 4 aromatic carbocycles. The van der Waals surface area contributed by atoms with Gasteiger partial charge in [0, 0.05) is 46.9 Å². The molecule has 0 saturated heterocycles. The number of benzene rings is 4. The molecule has 0 saturated carbocycles. The Morgan fingerprint density at radius 2 is 1.26 bits per heavy atom. The van der Waals surface area contributed by atoms with Crippen molar-refractivity contribution in [3.05, 3.63) is 144 Å². The van der Waals surface area contributed by atoms with Crippen molar-refractivity contribution in [2.45, 2.75) is 54.4 Å². The van der Waals surface area contributed by atoms with Crippen LogP contribution in [0.2, 0.25) is 0 Å². The highest BCUT2D eigenvalue weighted by atomic mass is 32.2. The summed E-state index contributed by atoms with van der Waals surface area (Å²) in [5.74, 6) is -1.49. The van der Waals surface area contributed by atoms with Gasteiger partial charge in [0.1, 0.15) is 21.2 Å². The number of aliphatic hydroxyl groups is 1. The molecule has 3 heterocycles. The lowest BCUT2D eigenvalue weighted by Gasteiger charge is -2.38. The molecule has 1 aliphatic heterocycles. The lowest BCUT2D eigenvalue weighted by atomic mass is 9.80. The fraction of sp³-hybridized carbons (Fsp3) is 0.175. The Kier molecular flexibility index (Phi) is 9.39. The first-order valence-electron chi connectivity index (χ1n) is 17.0. The zero-order valence-electron chi connectivity index (χ0n) is 28.9. The number of pyridine rings is 2. The summed E-state index contributed by atoms with van der Waals surface area (Å²) in [4.78, 5) is 22.5. The fourth-order valence-electron chi connectivity index (χ4n) is 6.96. The van der Waals surface area contributed by atoms with Crippen LogP contribution in [0.25, 0.3) is 21.8 Å². The van der Waals surface area contributed by atoms with E-state index < -0.39 is 37.5 Å². The first-order valence-corrected chi connectivity index (χ1v) is 20.0. The molecule has 0 radical (unpaired) electrons. The number of hydrogen-bond acceptors (Lipinski definition) is 9. The molecule has 0 bridgehead atoms. The number of hydrogen-bond donors (Lipinski definition) is 3. The summed E-state index contributed by atoms with van der Waals surface area (Å²) in [5, 5.41) is 12.9. The molecular weight excluding hydrogens is 713 g/mol. The highest BCUT2D eigenvalue weighted by Gasteiger charge is 2.44. The molecular formula is C40H36N4O7S2. The van der Waals surface area contributed by atoms with Gasteiger partial charge in [0.05, 0.1) is 16.6 Å². The van der Waals surface area contributed by atoms with Crippen LogP contribution in [0.3, 0.4) is 0 Å². The van der Waals surface area contributed by atoms with Crippen LogP contribution in [0.4, 0.5) is 11.4 Å². The number of aromatic nitrogens is 2. The summed E-state index contributed by atoms with van der Waals surface area (Å²) < 4.78 is 65.6. The first-order chi connectivity index (χ1) is 25.4. The third-order valence-electron chi connectivity index (χ3n) is 9.55. The van der Waals surface area contributed by atoms with Crippen molar-refractivity contribution in [2.75, 3.05) is 9.44 Å². The molecule has 0 fully saturated rings. The number of cyclic esters (lactones) is 1. The van der Waals surface area contributed by atoms with Gasteiger partial charge in [-0.25, -0.2) is 21.6 Å². The Morgan fingerprint density at radius 3 is 1.81 bits per heavy atom. The van der Waals surface area contributed by atoms with Crippen LogP contribution in [-0.4, -0.2) is 37.9 Å². The average molecular weight is 749 g/mol. The van der Waals surface area contributed by atoms with E-state index in [0.29, 0.717) is 39.4 Å². The molecule has 1 aliphatic rings.